The van der Waals surface area contributed by atoms with Gasteiger partial charge in [0, 0.05) is 37.8 Å². The number of aromatic nitrogens is 2. The minimum absolute atomic E-state index is 0.0541. The molecule has 0 spiro atoms. The Kier molecular flexibility index (Phi) is 4.89. The number of hydrogen-bond acceptors (Lipinski definition) is 5. The molecule has 1 fully saturated rings. The lowest BCUT2D eigenvalue weighted by Gasteiger charge is -2.31. The van der Waals surface area contributed by atoms with Crippen LogP contribution in [0.2, 0.25) is 5.15 Å². The molecule has 9 heteroatoms. The van der Waals surface area contributed by atoms with Crippen molar-refractivity contribution in [2.75, 3.05) is 25.2 Å². The summed E-state index contributed by atoms with van der Waals surface area (Å²) in [7, 11) is 1.71. The van der Waals surface area contributed by atoms with E-state index >= 15 is 0 Å². The minimum atomic E-state index is -0.153. The minimum Gasteiger partial charge on any atom is -0.454 e. The molecule has 2 aromatic rings. The Morgan fingerprint density at radius 2 is 1.93 bits per heavy atom. The maximum atomic E-state index is 12.8. The van der Waals surface area contributed by atoms with Gasteiger partial charge in [-0.25, -0.2) is 0 Å². The molecule has 0 saturated carbocycles. The fourth-order valence-electron chi connectivity index (χ4n) is 3.59. The number of hydrogen-bond donors (Lipinski definition) is 1. The third-order valence-electron chi connectivity index (χ3n) is 5.16. The maximum absolute atomic E-state index is 12.8. The van der Waals surface area contributed by atoms with Crippen LogP contribution in [0.1, 0.15) is 28.9 Å². The number of carbonyl (C=O) groups is 2. The van der Waals surface area contributed by atoms with E-state index in [0.29, 0.717) is 59.5 Å². The van der Waals surface area contributed by atoms with Crippen LogP contribution in [0.3, 0.4) is 0 Å². The van der Waals surface area contributed by atoms with Gasteiger partial charge >= 0.3 is 0 Å². The highest BCUT2D eigenvalue weighted by atomic mass is 35.5. The molecule has 0 unspecified atom stereocenters. The number of amides is 2. The standard InChI is InChI=1S/C19H21ClN4O4/c1-11-16(17(20)23(2)22-11)19(26)24-7-5-12(6-8-24)18(25)21-13-3-4-14-15(9-13)28-10-27-14/h3-4,9,12H,5-8,10H2,1-2H3,(H,21,25). The number of aryl methyl sites for hydroxylation is 2. The van der Waals surface area contributed by atoms with Gasteiger partial charge in [-0.1, -0.05) is 11.6 Å². The molecule has 1 saturated heterocycles. The lowest BCUT2D eigenvalue weighted by molar-refractivity contribution is -0.121. The zero-order valence-corrected chi connectivity index (χ0v) is 16.5. The molecular formula is C19H21ClN4O4. The number of piperidine rings is 1. The van der Waals surface area contributed by atoms with E-state index in [4.69, 9.17) is 21.1 Å². The van der Waals surface area contributed by atoms with E-state index in [2.05, 4.69) is 10.4 Å². The summed E-state index contributed by atoms with van der Waals surface area (Å²) >= 11 is 6.21. The van der Waals surface area contributed by atoms with Crippen molar-refractivity contribution in [1.82, 2.24) is 14.7 Å². The number of nitrogens with one attached hydrogen (secondary N) is 1. The summed E-state index contributed by atoms with van der Waals surface area (Å²) in [6.07, 6.45) is 1.19. The first kappa shape index (κ1) is 18.6. The van der Waals surface area contributed by atoms with Crippen molar-refractivity contribution in [2.24, 2.45) is 13.0 Å². The number of rotatable bonds is 3. The fourth-order valence-corrected chi connectivity index (χ4v) is 3.85. The van der Waals surface area contributed by atoms with Crippen molar-refractivity contribution >= 4 is 29.1 Å². The van der Waals surface area contributed by atoms with Crippen LogP contribution in [-0.4, -0.2) is 46.4 Å². The summed E-state index contributed by atoms with van der Waals surface area (Å²) in [6.45, 7) is 2.97. The molecular weight excluding hydrogens is 384 g/mol. The van der Waals surface area contributed by atoms with Crippen LogP contribution in [0.4, 0.5) is 5.69 Å². The van der Waals surface area contributed by atoms with Gasteiger partial charge in [-0.15, -0.1) is 0 Å². The first-order valence-corrected chi connectivity index (χ1v) is 9.50. The Labute approximate surface area is 167 Å². The summed E-state index contributed by atoms with van der Waals surface area (Å²) < 4.78 is 12.1. The molecule has 0 atom stereocenters. The second-order valence-corrected chi connectivity index (χ2v) is 7.36. The van der Waals surface area contributed by atoms with Crippen molar-refractivity contribution in [3.8, 4) is 11.5 Å². The Bertz CT molecular complexity index is 934. The monoisotopic (exact) mass is 404 g/mol. The van der Waals surface area contributed by atoms with E-state index in [1.54, 1.807) is 37.1 Å². The van der Waals surface area contributed by atoms with E-state index in [9.17, 15) is 9.59 Å². The second-order valence-electron chi connectivity index (χ2n) is 7.00. The predicted octanol–water partition coefficient (Wildman–Crippen LogP) is 2.60. The molecule has 3 heterocycles. The number of carbonyl (C=O) groups excluding carboxylic acids is 2. The number of halogens is 1. The Balaban J connectivity index is 1.36. The Morgan fingerprint density at radius 3 is 2.61 bits per heavy atom. The molecule has 2 amide bonds. The number of ether oxygens (including phenoxy) is 2. The van der Waals surface area contributed by atoms with Gasteiger partial charge in [0.2, 0.25) is 12.7 Å². The SMILES string of the molecule is Cc1nn(C)c(Cl)c1C(=O)N1CCC(C(=O)Nc2ccc3c(c2)OCO3)CC1. The second kappa shape index (κ2) is 7.35. The molecule has 0 radical (unpaired) electrons. The highest BCUT2D eigenvalue weighted by Crippen LogP contribution is 2.34. The summed E-state index contributed by atoms with van der Waals surface area (Å²) in [5, 5.41) is 7.46. The molecule has 148 valence electrons. The summed E-state index contributed by atoms with van der Waals surface area (Å²) in [5.74, 6) is 0.961. The van der Waals surface area contributed by atoms with Crippen LogP contribution >= 0.6 is 11.6 Å². The average Bonchev–Trinajstić information content (AvgIpc) is 3.25. The summed E-state index contributed by atoms with van der Waals surface area (Å²) in [4.78, 5) is 27.1. The van der Waals surface area contributed by atoms with Gasteiger partial charge in [0.05, 0.1) is 11.3 Å². The molecule has 8 nitrogen and oxygen atoms in total. The van der Waals surface area contributed by atoms with Gasteiger partial charge in [-0.05, 0) is 31.9 Å². The molecule has 1 aromatic carbocycles. The number of fused-ring (bicyclic) bond motifs is 1. The third-order valence-corrected chi connectivity index (χ3v) is 5.59. The molecule has 4 rings (SSSR count). The molecule has 1 aromatic heterocycles. The van der Waals surface area contributed by atoms with E-state index in [0.717, 1.165) is 0 Å². The number of likely N-dealkylation sites (tertiary alicyclic amines) is 1. The fraction of sp³-hybridized carbons (Fsp3) is 0.421. The van der Waals surface area contributed by atoms with E-state index in [-0.39, 0.29) is 24.5 Å². The van der Waals surface area contributed by atoms with Crippen molar-refractivity contribution < 1.29 is 19.1 Å². The normalized spacial score (nSPS) is 16.3. The molecule has 0 bridgehead atoms. The van der Waals surface area contributed by atoms with Crippen LogP contribution in [-0.2, 0) is 11.8 Å². The zero-order valence-electron chi connectivity index (χ0n) is 15.7. The van der Waals surface area contributed by atoms with Gasteiger partial charge in [0.15, 0.2) is 11.5 Å². The average molecular weight is 405 g/mol. The van der Waals surface area contributed by atoms with Gasteiger partial charge in [0.25, 0.3) is 5.91 Å². The quantitative estimate of drug-likeness (QED) is 0.849. The van der Waals surface area contributed by atoms with Crippen LogP contribution in [0, 0.1) is 12.8 Å². The zero-order chi connectivity index (χ0) is 19.8. The van der Waals surface area contributed by atoms with Gasteiger partial charge in [0.1, 0.15) is 5.15 Å². The predicted molar refractivity (Wildman–Crippen MR) is 103 cm³/mol. The van der Waals surface area contributed by atoms with Crippen LogP contribution in [0.25, 0.3) is 0 Å². The topological polar surface area (TPSA) is 85.7 Å². The smallest absolute Gasteiger partial charge is 0.258 e. The Hall–Kier alpha value is -2.74. The largest absolute Gasteiger partial charge is 0.454 e. The van der Waals surface area contributed by atoms with Crippen molar-refractivity contribution in [2.45, 2.75) is 19.8 Å². The first-order chi connectivity index (χ1) is 13.4. The van der Waals surface area contributed by atoms with E-state index in [1.165, 1.54) is 4.68 Å². The number of nitrogens with zero attached hydrogens (tertiary/aromatic N) is 3. The first-order valence-electron chi connectivity index (χ1n) is 9.13. The van der Waals surface area contributed by atoms with E-state index < -0.39 is 0 Å². The van der Waals surface area contributed by atoms with Crippen LogP contribution in [0.15, 0.2) is 18.2 Å². The lowest BCUT2D eigenvalue weighted by Crippen LogP contribution is -2.41. The number of benzene rings is 1. The van der Waals surface area contributed by atoms with E-state index in [1.807, 2.05) is 0 Å². The molecule has 2 aliphatic heterocycles. The molecule has 28 heavy (non-hydrogen) atoms. The van der Waals surface area contributed by atoms with Gasteiger partial charge in [-0.2, -0.15) is 5.10 Å². The van der Waals surface area contributed by atoms with Crippen molar-refractivity contribution in [1.29, 1.82) is 0 Å². The maximum Gasteiger partial charge on any atom is 0.258 e. The molecule has 1 N–H and O–H groups in total. The molecule has 2 aliphatic rings. The third kappa shape index (κ3) is 3.40. The van der Waals surface area contributed by atoms with Gasteiger partial charge in [-0.3, -0.25) is 14.3 Å². The van der Waals surface area contributed by atoms with Crippen LogP contribution < -0.4 is 14.8 Å². The highest BCUT2D eigenvalue weighted by Gasteiger charge is 2.30. The highest BCUT2D eigenvalue weighted by molar-refractivity contribution is 6.33. The van der Waals surface area contributed by atoms with Crippen molar-refractivity contribution in [3.63, 3.8) is 0 Å². The van der Waals surface area contributed by atoms with Crippen molar-refractivity contribution in [3.05, 3.63) is 34.6 Å². The summed E-state index contributed by atoms with van der Waals surface area (Å²) in [6, 6.07) is 5.32. The molecule has 0 aliphatic carbocycles. The van der Waals surface area contributed by atoms with Crippen LogP contribution in [0.5, 0.6) is 11.5 Å². The Morgan fingerprint density at radius 1 is 1.21 bits per heavy atom. The summed E-state index contributed by atoms with van der Waals surface area (Å²) in [5.41, 5.74) is 1.72. The van der Waals surface area contributed by atoms with Gasteiger partial charge < -0.3 is 19.7 Å². The lowest BCUT2D eigenvalue weighted by atomic mass is 9.95. The number of anilines is 1.